The number of hydrogen-bond acceptors (Lipinski definition) is 2. The zero-order valence-electron chi connectivity index (χ0n) is 7.46. The summed E-state index contributed by atoms with van der Waals surface area (Å²) >= 11 is 0. The molecule has 0 aromatic heterocycles. The molecular formula is C10H12N2. The van der Waals surface area contributed by atoms with Crippen LogP contribution in [0.3, 0.4) is 0 Å². The first-order valence-electron chi connectivity index (χ1n) is 3.73. The number of rotatable bonds is 3. The molecule has 0 spiro atoms. The summed E-state index contributed by atoms with van der Waals surface area (Å²) in [6, 6.07) is 4.03. The lowest BCUT2D eigenvalue weighted by molar-refractivity contribution is 0.628. The first-order valence-corrected chi connectivity index (χ1v) is 3.73. The maximum absolute atomic E-state index is 8.85. The number of nitriles is 2. The van der Waals surface area contributed by atoms with Crippen LogP contribution in [0.5, 0.6) is 0 Å². The first-order chi connectivity index (χ1) is 5.66. The molecular weight excluding hydrogens is 148 g/mol. The van der Waals surface area contributed by atoms with Gasteiger partial charge in [0.05, 0.1) is 12.1 Å². The molecule has 0 radical (unpaired) electrons. The van der Waals surface area contributed by atoms with Gasteiger partial charge in [-0.1, -0.05) is 12.2 Å². The van der Waals surface area contributed by atoms with Gasteiger partial charge in [-0.25, -0.2) is 0 Å². The molecule has 0 unspecified atom stereocenters. The number of allylic oxidation sites excluding steroid dienone is 3. The minimum absolute atomic E-state index is 0.385. The van der Waals surface area contributed by atoms with Crippen LogP contribution in [0.15, 0.2) is 24.3 Å². The normalized spacial score (nSPS) is 11.5. The van der Waals surface area contributed by atoms with Crippen LogP contribution in [0.1, 0.15) is 20.3 Å². The Kier molecular flexibility index (Phi) is 3.80. The van der Waals surface area contributed by atoms with Crippen LogP contribution in [-0.4, -0.2) is 0 Å². The molecule has 2 nitrogen and oxygen atoms in total. The van der Waals surface area contributed by atoms with Gasteiger partial charge in [0.1, 0.15) is 0 Å². The molecule has 0 aliphatic rings. The van der Waals surface area contributed by atoms with Crippen molar-refractivity contribution in [1.82, 2.24) is 0 Å². The maximum Gasteiger partial charge on any atom is 0.167 e. The smallest absolute Gasteiger partial charge is 0.167 e. The third-order valence-electron chi connectivity index (χ3n) is 1.94. The Morgan fingerprint density at radius 2 is 2.00 bits per heavy atom. The van der Waals surface area contributed by atoms with Crippen molar-refractivity contribution >= 4 is 0 Å². The molecule has 0 aliphatic heterocycles. The van der Waals surface area contributed by atoms with Crippen molar-refractivity contribution in [2.45, 2.75) is 20.3 Å². The molecule has 2 heteroatoms. The molecule has 0 rings (SSSR count). The zero-order chi connectivity index (χ0) is 9.61. The second kappa shape index (κ2) is 4.36. The highest BCUT2D eigenvalue weighted by Crippen LogP contribution is 2.29. The largest absolute Gasteiger partial charge is 0.196 e. The van der Waals surface area contributed by atoms with E-state index in [4.69, 9.17) is 10.5 Å². The van der Waals surface area contributed by atoms with E-state index < -0.39 is 5.41 Å². The van der Waals surface area contributed by atoms with Crippen LogP contribution < -0.4 is 0 Å². The lowest BCUT2D eigenvalue weighted by Crippen LogP contribution is -2.16. The van der Waals surface area contributed by atoms with E-state index in [-0.39, 0.29) is 0 Å². The van der Waals surface area contributed by atoms with Crippen LogP contribution in [0.4, 0.5) is 0 Å². The Balaban J connectivity index is 5.02. The third kappa shape index (κ3) is 1.74. The molecule has 0 saturated carbocycles. The molecule has 0 N–H and O–H groups in total. The Bertz CT molecular complexity index is 259. The van der Waals surface area contributed by atoms with E-state index >= 15 is 0 Å². The third-order valence-corrected chi connectivity index (χ3v) is 1.94. The molecule has 0 heterocycles. The predicted molar refractivity (Wildman–Crippen MR) is 47.9 cm³/mol. The highest BCUT2D eigenvalue weighted by Gasteiger charge is 2.29. The van der Waals surface area contributed by atoms with Crippen molar-refractivity contribution < 1.29 is 0 Å². The standard InChI is InChI=1S/C10H12N2/c1-4-6-10(7-11,8-12)9(3)5-2/h4-5H,1,6H2,2-3H3/b9-5+. The lowest BCUT2D eigenvalue weighted by atomic mass is 9.80. The SMILES string of the molecule is C=CCC(C#N)(C#N)/C(C)=C/C. The summed E-state index contributed by atoms with van der Waals surface area (Å²) in [5.74, 6) is 0. The van der Waals surface area contributed by atoms with Gasteiger partial charge in [0.15, 0.2) is 5.41 Å². The highest BCUT2D eigenvalue weighted by atomic mass is 14.4. The minimum atomic E-state index is -1.00. The van der Waals surface area contributed by atoms with Crippen molar-refractivity contribution in [3.63, 3.8) is 0 Å². The maximum atomic E-state index is 8.85. The average Bonchev–Trinajstić information content (AvgIpc) is 2.13. The molecule has 0 aromatic carbocycles. The van der Waals surface area contributed by atoms with Gasteiger partial charge in [-0.05, 0) is 19.4 Å². The summed E-state index contributed by atoms with van der Waals surface area (Å²) in [4.78, 5) is 0. The Hall–Kier alpha value is -1.54. The Morgan fingerprint density at radius 3 is 2.25 bits per heavy atom. The summed E-state index contributed by atoms with van der Waals surface area (Å²) in [7, 11) is 0. The van der Waals surface area contributed by atoms with Crippen LogP contribution in [0.2, 0.25) is 0 Å². The van der Waals surface area contributed by atoms with E-state index in [1.807, 2.05) is 19.1 Å². The van der Waals surface area contributed by atoms with Gasteiger partial charge in [0, 0.05) is 6.42 Å². The summed E-state index contributed by atoms with van der Waals surface area (Å²) < 4.78 is 0. The zero-order valence-corrected chi connectivity index (χ0v) is 7.46. The van der Waals surface area contributed by atoms with Gasteiger partial charge in [-0.15, -0.1) is 6.58 Å². The van der Waals surface area contributed by atoms with E-state index in [0.29, 0.717) is 6.42 Å². The second-order valence-corrected chi connectivity index (χ2v) is 2.59. The summed E-state index contributed by atoms with van der Waals surface area (Å²) in [5.41, 5.74) is -0.219. The monoisotopic (exact) mass is 160 g/mol. The van der Waals surface area contributed by atoms with Gasteiger partial charge in [-0.2, -0.15) is 10.5 Å². The van der Waals surface area contributed by atoms with E-state index in [1.54, 1.807) is 19.1 Å². The highest BCUT2D eigenvalue weighted by molar-refractivity contribution is 5.32. The quantitative estimate of drug-likeness (QED) is 0.595. The van der Waals surface area contributed by atoms with Crippen LogP contribution in [0, 0.1) is 28.1 Å². The molecule has 0 saturated heterocycles. The first kappa shape index (κ1) is 10.5. The van der Waals surface area contributed by atoms with Crippen molar-refractivity contribution in [1.29, 1.82) is 10.5 Å². The molecule has 0 bridgehead atoms. The van der Waals surface area contributed by atoms with Gasteiger partial charge in [0.2, 0.25) is 0 Å². The van der Waals surface area contributed by atoms with Crippen molar-refractivity contribution in [2.75, 3.05) is 0 Å². The molecule has 0 aromatic rings. The predicted octanol–water partition coefficient (Wildman–Crippen LogP) is 2.56. The topological polar surface area (TPSA) is 47.6 Å². The number of hydrogen-bond donors (Lipinski definition) is 0. The summed E-state index contributed by atoms with van der Waals surface area (Å²) in [6.07, 6.45) is 3.77. The van der Waals surface area contributed by atoms with E-state index in [2.05, 4.69) is 6.58 Å². The summed E-state index contributed by atoms with van der Waals surface area (Å²) in [5, 5.41) is 17.7. The van der Waals surface area contributed by atoms with Gasteiger partial charge in [-0.3, -0.25) is 0 Å². The van der Waals surface area contributed by atoms with Crippen molar-refractivity contribution in [2.24, 2.45) is 5.41 Å². The Morgan fingerprint density at radius 1 is 1.50 bits per heavy atom. The summed E-state index contributed by atoms with van der Waals surface area (Å²) in [6.45, 7) is 7.14. The van der Waals surface area contributed by atoms with E-state index in [0.717, 1.165) is 5.57 Å². The van der Waals surface area contributed by atoms with Gasteiger partial charge >= 0.3 is 0 Å². The molecule has 12 heavy (non-hydrogen) atoms. The fourth-order valence-corrected chi connectivity index (χ4v) is 0.917. The van der Waals surface area contributed by atoms with Crippen LogP contribution >= 0.6 is 0 Å². The Labute approximate surface area is 73.4 Å². The molecule has 0 atom stereocenters. The van der Waals surface area contributed by atoms with Crippen LogP contribution in [-0.2, 0) is 0 Å². The molecule has 0 fully saturated rings. The van der Waals surface area contributed by atoms with E-state index in [1.165, 1.54) is 0 Å². The fraction of sp³-hybridized carbons (Fsp3) is 0.400. The van der Waals surface area contributed by atoms with Crippen molar-refractivity contribution in [3.05, 3.63) is 24.3 Å². The van der Waals surface area contributed by atoms with Gasteiger partial charge in [0.25, 0.3) is 0 Å². The molecule has 0 aliphatic carbocycles. The lowest BCUT2D eigenvalue weighted by Gasteiger charge is -2.16. The molecule has 62 valence electrons. The van der Waals surface area contributed by atoms with Crippen molar-refractivity contribution in [3.8, 4) is 12.1 Å². The second-order valence-electron chi connectivity index (χ2n) is 2.59. The van der Waals surface area contributed by atoms with Gasteiger partial charge < -0.3 is 0 Å². The minimum Gasteiger partial charge on any atom is -0.196 e. The fourth-order valence-electron chi connectivity index (χ4n) is 0.917. The number of nitrogens with zero attached hydrogens (tertiary/aromatic N) is 2. The van der Waals surface area contributed by atoms with Crippen LogP contribution in [0.25, 0.3) is 0 Å². The van der Waals surface area contributed by atoms with E-state index in [9.17, 15) is 0 Å². The average molecular weight is 160 g/mol. The molecule has 0 amide bonds.